The molecule has 2 heterocycles. The van der Waals surface area contributed by atoms with Crippen LogP contribution in [0.15, 0.2) is 60.7 Å². The Labute approximate surface area is 178 Å². The number of para-hydroxylation sites is 2. The molecule has 7 nitrogen and oxygen atoms in total. The summed E-state index contributed by atoms with van der Waals surface area (Å²) in [5.74, 6) is 0.206. The number of ether oxygens (including phenoxy) is 1. The van der Waals surface area contributed by atoms with Crippen molar-refractivity contribution in [1.29, 1.82) is 0 Å². The number of carbonyl (C=O) groups excluding carboxylic acids is 2. The maximum atomic E-state index is 12.6. The number of aromatic nitrogens is 2. The summed E-state index contributed by atoms with van der Waals surface area (Å²) in [7, 11) is 0. The maximum Gasteiger partial charge on any atom is 0.231 e. The second kappa shape index (κ2) is 9.49. The molecule has 30 heavy (non-hydrogen) atoms. The molecular formula is C22H22N4O3S. The first-order valence-corrected chi connectivity index (χ1v) is 10.7. The van der Waals surface area contributed by atoms with E-state index in [2.05, 4.69) is 15.5 Å². The molecule has 3 aromatic rings. The van der Waals surface area contributed by atoms with E-state index in [4.69, 9.17) is 4.74 Å². The highest BCUT2D eigenvalue weighted by Gasteiger charge is 2.35. The molecule has 4 rings (SSSR count). The van der Waals surface area contributed by atoms with Gasteiger partial charge in [-0.15, -0.1) is 10.2 Å². The van der Waals surface area contributed by atoms with Gasteiger partial charge in [0, 0.05) is 25.1 Å². The summed E-state index contributed by atoms with van der Waals surface area (Å²) < 4.78 is 5.67. The third-order valence-electron chi connectivity index (χ3n) is 4.81. The van der Waals surface area contributed by atoms with E-state index >= 15 is 0 Å². The van der Waals surface area contributed by atoms with E-state index in [0.29, 0.717) is 18.3 Å². The van der Waals surface area contributed by atoms with Crippen molar-refractivity contribution < 1.29 is 14.3 Å². The molecule has 2 amide bonds. The molecule has 0 saturated carbocycles. The van der Waals surface area contributed by atoms with Crippen LogP contribution in [-0.4, -0.2) is 35.2 Å². The molecule has 1 atom stereocenters. The van der Waals surface area contributed by atoms with E-state index in [1.165, 1.54) is 11.3 Å². The normalized spacial score (nSPS) is 15.9. The summed E-state index contributed by atoms with van der Waals surface area (Å²) >= 11 is 1.36. The topological polar surface area (TPSA) is 84.4 Å². The molecule has 0 spiro atoms. The van der Waals surface area contributed by atoms with Gasteiger partial charge in [-0.05, 0) is 30.7 Å². The van der Waals surface area contributed by atoms with Crippen LogP contribution >= 0.6 is 11.3 Å². The molecular weight excluding hydrogens is 400 g/mol. The van der Waals surface area contributed by atoms with Gasteiger partial charge < -0.3 is 15.0 Å². The number of aryl methyl sites for hydroxylation is 1. The van der Waals surface area contributed by atoms with Gasteiger partial charge in [-0.25, -0.2) is 0 Å². The minimum absolute atomic E-state index is 0.0438. The lowest BCUT2D eigenvalue weighted by atomic mass is 10.1. The zero-order valence-corrected chi connectivity index (χ0v) is 17.2. The Hall–Kier alpha value is -3.26. The van der Waals surface area contributed by atoms with E-state index in [1.807, 2.05) is 60.7 Å². The second-order valence-electron chi connectivity index (χ2n) is 7.00. The molecule has 154 valence electrons. The van der Waals surface area contributed by atoms with Crippen molar-refractivity contribution in [3.8, 4) is 5.75 Å². The van der Waals surface area contributed by atoms with Gasteiger partial charge in [0.05, 0.1) is 12.5 Å². The van der Waals surface area contributed by atoms with Crippen LogP contribution in [0.4, 0.5) is 10.8 Å². The van der Waals surface area contributed by atoms with Gasteiger partial charge in [0.15, 0.2) is 0 Å². The summed E-state index contributed by atoms with van der Waals surface area (Å²) in [6.07, 6.45) is 1.73. The Kier molecular flexibility index (Phi) is 6.34. The minimum atomic E-state index is -0.399. The quantitative estimate of drug-likeness (QED) is 0.561. The summed E-state index contributed by atoms with van der Waals surface area (Å²) in [6.45, 7) is 0.960. The molecule has 1 aliphatic rings. The standard InChI is InChI=1S/C22H22N4O3S/c27-20-14-16(15-26(20)17-8-3-1-4-9-17)21(28)23-22-25-24-19(30-22)12-7-13-29-18-10-5-2-6-11-18/h1-6,8-11,16H,7,12-15H2,(H,23,25,28)/t16-/m0/s1. The van der Waals surface area contributed by atoms with E-state index in [1.54, 1.807) is 4.90 Å². The highest BCUT2D eigenvalue weighted by atomic mass is 32.1. The van der Waals surface area contributed by atoms with Crippen LogP contribution in [-0.2, 0) is 16.0 Å². The SMILES string of the molecule is O=C(Nc1nnc(CCCOc2ccccc2)s1)[C@H]1CC(=O)N(c2ccccc2)C1. The molecule has 1 fully saturated rings. The lowest BCUT2D eigenvalue weighted by Crippen LogP contribution is -2.28. The first-order valence-electron chi connectivity index (χ1n) is 9.85. The molecule has 0 unspecified atom stereocenters. The fraction of sp³-hybridized carbons (Fsp3) is 0.273. The van der Waals surface area contributed by atoms with E-state index in [9.17, 15) is 9.59 Å². The average molecular weight is 423 g/mol. The van der Waals surface area contributed by atoms with Crippen LogP contribution in [0.2, 0.25) is 0 Å². The van der Waals surface area contributed by atoms with Crippen molar-refractivity contribution in [3.63, 3.8) is 0 Å². The lowest BCUT2D eigenvalue weighted by molar-refractivity contribution is -0.122. The van der Waals surface area contributed by atoms with E-state index < -0.39 is 5.92 Å². The second-order valence-corrected chi connectivity index (χ2v) is 8.06. The van der Waals surface area contributed by atoms with Crippen molar-refractivity contribution in [2.75, 3.05) is 23.4 Å². The summed E-state index contributed by atoms with van der Waals surface area (Å²) in [5, 5.41) is 12.3. The van der Waals surface area contributed by atoms with Crippen molar-refractivity contribution >= 4 is 34.0 Å². The van der Waals surface area contributed by atoms with Gasteiger partial charge in [-0.1, -0.05) is 47.7 Å². The zero-order chi connectivity index (χ0) is 20.8. The molecule has 1 N–H and O–H groups in total. The van der Waals surface area contributed by atoms with Gasteiger partial charge >= 0.3 is 0 Å². The van der Waals surface area contributed by atoms with Gasteiger partial charge in [-0.2, -0.15) is 0 Å². The Bertz CT molecular complexity index is 994. The smallest absolute Gasteiger partial charge is 0.231 e. The number of carbonyl (C=O) groups is 2. The highest BCUT2D eigenvalue weighted by molar-refractivity contribution is 7.15. The third kappa shape index (κ3) is 5.01. The number of rotatable bonds is 8. The number of hydrogen-bond acceptors (Lipinski definition) is 6. The van der Waals surface area contributed by atoms with Gasteiger partial charge in [0.25, 0.3) is 0 Å². The van der Waals surface area contributed by atoms with Gasteiger partial charge in [-0.3, -0.25) is 9.59 Å². The first kappa shape index (κ1) is 20.0. The van der Waals surface area contributed by atoms with E-state index in [0.717, 1.165) is 29.3 Å². The van der Waals surface area contributed by atoms with Crippen LogP contribution in [0, 0.1) is 5.92 Å². The molecule has 1 saturated heterocycles. The number of hydrogen-bond donors (Lipinski definition) is 1. The summed E-state index contributed by atoms with van der Waals surface area (Å²) in [5.41, 5.74) is 0.814. The van der Waals surface area contributed by atoms with Gasteiger partial charge in [0.2, 0.25) is 16.9 Å². The molecule has 1 aliphatic heterocycles. The molecule has 0 bridgehead atoms. The fourth-order valence-corrected chi connectivity index (χ4v) is 4.07. The van der Waals surface area contributed by atoms with E-state index in [-0.39, 0.29) is 18.2 Å². The Morgan fingerprint density at radius 2 is 1.83 bits per heavy atom. The fourth-order valence-electron chi connectivity index (χ4n) is 3.28. The number of anilines is 2. The molecule has 8 heteroatoms. The lowest BCUT2D eigenvalue weighted by Gasteiger charge is -2.16. The maximum absolute atomic E-state index is 12.6. The van der Waals surface area contributed by atoms with Gasteiger partial charge in [0.1, 0.15) is 10.8 Å². The number of benzene rings is 2. The predicted molar refractivity (Wildman–Crippen MR) is 116 cm³/mol. The van der Waals surface area contributed by atoms with Crippen molar-refractivity contribution in [1.82, 2.24) is 10.2 Å². The van der Waals surface area contributed by atoms with Crippen LogP contribution in [0.5, 0.6) is 5.75 Å². The van der Waals surface area contributed by atoms with Crippen LogP contribution < -0.4 is 15.0 Å². The largest absolute Gasteiger partial charge is 0.494 e. The van der Waals surface area contributed by atoms with Crippen molar-refractivity contribution in [2.24, 2.45) is 5.92 Å². The van der Waals surface area contributed by atoms with Crippen LogP contribution in [0.1, 0.15) is 17.8 Å². The highest BCUT2D eigenvalue weighted by Crippen LogP contribution is 2.26. The number of nitrogens with zero attached hydrogens (tertiary/aromatic N) is 3. The number of nitrogens with one attached hydrogen (secondary N) is 1. The Morgan fingerprint density at radius 3 is 2.60 bits per heavy atom. The number of amides is 2. The monoisotopic (exact) mass is 422 g/mol. The first-order chi connectivity index (χ1) is 14.7. The Morgan fingerprint density at radius 1 is 1.10 bits per heavy atom. The molecule has 2 aromatic carbocycles. The summed E-state index contributed by atoms with van der Waals surface area (Å²) in [6, 6.07) is 19.1. The van der Waals surface area contributed by atoms with Crippen molar-refractivity contribution in [3.05, 3.63) is 65.7 Å². The third-order valence-corrected chi connectivity index (χ3v) is 5.71. The molecule has 0 radical (unpaired) electrons. The predicted octanol–water partition coefficient (Wildman–Crippen LogP) is 3.54. The average Bonchev–Trinajstić information content (AvgIpc) is 3.39. The molecule has 0 aliphatic carbocycles. The summed E-state index contributed by atoms with van der Waals surface area (Å²) in [4.78, 5) is 26.6. The van der Waals surface area contributed by atoms with Crippen molar-refractivity contribution in [2.45, 2.75) is 19.3 Å². The van der Waals surface area contributed by atoms with Crippen LogP contribution in [0.25, 0.3) is 0 Å². The van der Waals surface area contributed by atoms with Crippen LogP contribution in [0.3, 0.4) is 0 Å². The minimum Gasteiger partial charge on any atom is -0.494 e. The zero-order valence-electron chi connectivity index (χ0n) is 16.4. The molecule has 1 aromatic heterocycles. The Balaban J connectivity index is 1.24.